The minimum atomic E-state index is -0.509. The zero-order valence-electron chi connectivity index (χ0n) is 15.8. The molecule has 2 amide bonds. The van der Waals surface area contributed by atoms with E-state index < -0.39 is 6.09 Å². The number of carbonyl (C=O) groups excluding carboxylic acids is 2. The maximum atomic E-state index is 12.3. The maximum Gasteiger partial charge on any atom is 0.407 e. The molecule has 1 atom stereocenters. The number of carbonyl (C=O) groups is 2. The summed E-state index contributed by atoms with van der Waals surface area (Å²) in [5.41, 5.74) is 3.54. The van der Waals surface area contributed by atoms with Crippen LogP contribution in [0.4, 0.5) is 10.6 Å². The van der Waals surface area contributed by atoms with Gasteiger partial charge in [0.25, 0.3) is 0 Å². The van der Waals surface area contributed by atoms with E-state index >= 15 is 0 Å². The number of benzene rings is 1. The molecule has 1 aromatic heterocycles. The molecule has 0 fully saturated rings. The van der Waals surface area contributed by atoms with Gasteiger partial charge in [-0.05, 0) is 44.2 Å². The lowest BCUT2D eigenvalue weighted by Gasteiger charge is -2.27. The van der Waals surface area contributed by atoms with Crippen molar-refractivity contribution in [3.8, 4) is 0 Å². The predicted octanol–water partition coefficient (Wildman–Crippen LogP) is 3.19. The number of alkyl carbamates (subject to hydrolysis) is 1. The van der Waals surface area contributed by atoms with Gasteiger partial charge in [0.1, 0.15) is 5.82 Å². The zero-order valence-corrected chi connectivity index (χ0v) is 15.8. The van der Waals surface area contributed by atoms with Crippen LogP contribution in [0.1, 0.15) is 48.9 Å². The summed E-state index contributed by atoms with van der Waals surface area (Å²) in [7, 11) is 0. The van der Waals surface area contributed by atoms with E-state index in [1.54, 1.807) is 13.1 Å². The number of fused-ring (bicyclic) bond motifs is 1. The molecule has 1 aliphatic carbocycles. The van der Waals surface area contributed by atoms with E-state index in [2.05, 4.69) is 33.9 Å². The van der Waals surface area contributed by atoms with Gasteiger partial charge in [-0.15, -0.1) is 0 Å². The van der Waals surface area contributed by atoms with E-state index in [-0.39, 0.29) is 24.9 Å². The number of hydrogen-bond donors (Lipinski definition) is 2. The average molecular weight is 370 g/mol. The first-order valence-electron chi connectivity index (χ1n) is 9.42. The molecule has 0 unspecified atom stereocenters. The average Bonchev–Trinajstić information content (AvgIpc) is 3.02. The van der Waals surface area contributed by atoms with Gasteiger partial charge in [0.2, 0.25) is 5.91 Å². The lowest BCUT2D eigenvalue weighted by Crippen LogP contribution is -2.29. The molecule has 7 nitrogen and oxygen atoms in total. The van der Waals surface area contributed by atoms with E-state index in [1.807, 2.05) is 17.7 Å². The number of aromatic nitrogens is 2. The highest BCUT2D eigenvalue weighted by atomic mass is 16.5. The van der Waals surface area contributed by atoms with E-state index in [1.165, 1.54) is 11.1 Å². The number of amides is 2. The van der Waals surface area contributed by atoms with Crippen molar-refractivity contribution in [1.29, 1.82) is 0 Å². The number of ether oxygens (including phenoxy) is 1. The number of rotatable bonds is 6. The summed E-state index contributed by atoms with van der Waals surface area (Å²) in [5.74, 6) is 0.554. The normalized spacial score (nSPS) is 15.7. The van der Waals surface area contributed by atoms with Crippen molar-refractivity contribution in [2.24, 2.45) is 0 Å². The Kier molecular flexibility index (Phi) is 6.11. The van der Waals surface area contributed by atoms with Crippen LogP contribution >= 0.6 is 0 Å². The third-order valence-electron chi connectivity index (χ3n) is 4.77. The first kappa shape index (κ1) is 18.9. The summed E-state index contributed by atoms with van der Waals surface area (Å²) in [6, 6.07) is 8.54. The molecular formula is C20H26N4O3. The van der Waals surface area contributed by atoms with Crippen LogP contribution < -0.4 is 10.6 Å². The van der Waals surface area contributed by atoms with Gasteiger partial charge in [-0.3, -0.25) is 4.79 Å². The van der Waals surface area contributed by atoms with Crippen molar-refractivity contribution >= 4 is 17.8 Å². The topological polar surface area (TPSA) is 85.2 Å². The molecule has 1 heterocycles. The molecule has 1 aromatic carbocycles. The molecule has 0 aliphatic heterocycles. The third-order valence-corrected chi connectivity index (χ3v) is 4.77. The summed E-state index contributed by atoms with van der Waals surface area (Å²) in [6.45, 7) is 4.20. The highest BCUT2D eigenvalue weighted by Crippen LogP contribution is 2.35. The van der Waals surface area contributed by atoms with Crippen molar-refractivity contribution in [2.75, 3.05) is 18.5 Å². The molecule has 0 bridgehead atoms. The van der Waals surface area contributed by atoms with Gasteiger partial charge < -0.3 is 15.4 Å². The van der Waals surface area contributed by atoms with Crippen LogP contribution in [0.2, 0.25) is 0 Å². The van der Waals surface area contributed by atoms with Crippen LogP contribution in [0.15, 0.2) is 30.5 Å². The fourth-order valence-electron chi connectivity index (χ4n) is 3.48. The van der Waals surface area contributed by atoms with Crippen LogP contribution in [0.25, 0.3) is 0 Å². The zero-order chi connectivity index (χ0) is 19.2. The Labute approximate surface area is 159 Å². The molecule has 0 saturated carbocycles. The number of nitrogens with zero attached hydrogens (tertiary/aromatic N) is 2. The summed E-state index contributed by atoms with van der Waals surface area (Å²) >= 11 is 0. The van der Waals surface area contributed by atoms with E-state index in [4.69, 9.17) is 4.74 Å². The molecule has 0 spiro atoms. The van der Waals surface area contributed by atoms with E-state index in [0.717, 1.165) is 30.6 Å². The van der Waals surface area contributed by atoms with Crippen LogP contribution in [-0.4, -0.2) is 34.9 Å². The molecule has 2 aromatic rings. The monoisotopic (exact) mass is 370 g/mol. The minimum absolute atomic E-state index is 0.122. The van der Waals surface area contributed by atoms with E-state index in [0.29, 0.717) is 6.61 Å². The Bertz CT molecular complexity index is 815. The van der Waals surface area contributed by atoms with Gasteiger partial charge in [0.05, 0.1) is 18.8 Å². The molecule has 3 rings (SSSR count). The highest BCUT2D eigenvalue weighted by Gasteiger charge is 2.25. The van der Waals surface area contributed by atoms with Crippen LogP contribution in [-0.2, 0) is 16.0 Å². The Morgan fingerprint density at radius 3 is 2.96 bits per heavy atom. The smallest absolute Gasteiger partial charge is 0.407 e. The predicted molar refractivity (Wildman–Crippen MR) is 103 cm³/mol. The molecule has 27 heavy (non-hydrogen) atoms. The lowest BCUT2D eigenvalue weighted by atomic mass is 9.88. The third kappa shape index (κ3) is 4.48. The van der Waals surface area contributed by atoms with Gasteiger partial charge in [-0.25, -0.2) is 9.48 Å². The summed E-state index contributed by atoms with van der Waals surface area (Å²) in [4.78, 5) is 23.6. The van der Waals surface area contributed by atoms with Crippen molar-refractivity contribution < 1.29 is 14.3 Å². The fraction of sp³-hybridized carbons (Fsp3) is 0.450. The molecule has 7 heteroatoms. The van der Waals surface area contributed by atoms with Gasteiger partial charge >= 0.3 is 6.09 Å². The summed E-state index contributed by atoms with van der Waals surface area (Å²) in [6.07, 6.45) is 4.61. The molecule has 1 aliphatic rings. The van der Waals surface area contributed by atoms with Crippen molar-refractivity contribution in [3.63, 3.8) is 0 Å². The lowest BCUT2D eigenvalue weighted by molar-refractivity contribution is -0.116. The largest absolute Gasteiger partial charge is 0.450 e. The quantitative estimate of drug-likeness (QED) is 0.818. The highest BCUT2D eigenvalue weighted by molar-refractivity contribution is 5.90. The molecule has 2 N–H and O–H groups in total. The van der Waals surface area contributed by atoms with Gasteiger partial charge in [-0.2, -0.15) is 5.10 Å². The second-order valence-electron chi connectivity index (χ2n) is 6.67. The molecule has 144 valence electrons. The number of anilines is 1. The van der Waals surface area contributed by atoms with Crippen LogP contribution in [0.3, 0.4) is 0 Å². The fourth-order valence-corrected chi connectivity index (χ4v) is 3.48. The summed E-state index contributed by atoms with van der Waals surface area (Å²) in [5, 5.41) is 10.1. The minimum Gasteiger partial charge on any atom is -0.450 e. The van der Waals surface area contributed by atoms with Crippen LogP contribution in [0, 0.1) is 6.92 Å². The number of aryl methyl sites for hydroxylation is 2. The van der Waals surface area contributed by atoms with Crippen molar-refractivity contribution in [2.45, 2.75) is 45.6 Å². The van der Waals surface area contributed by atoms with E-state index in [9.17, 15) is 9.59 Å². The Balaban J connectivity index is 1.69. The Morgan fingerprint density at radius 1 is 1.33 bits per heavy atom. The summed E-state index contributed by atoms with van der Waals surface area (Å²) < 4.78 is 6.71. The molecule has 0 saturated heterocycles. The second-order valence-corrected chi connectivity index (χ2v) is 6.67. The number of nitrogens with one attached hydrogen (secondary N) is 2. The Hall–Kier alpha value is -2.83. The molecule has 0 radical (unpaired) electrons. The first-order valence-corrected chi connectivity index (χ1v) is 9.42. The maximum absolute atomic E-state index is 12.3. The standard InChI is InChI=1S/C20H26N4O3/c1-3-27-20(26)21-12-11-18(25)23-19-14(2)13-22-24(19)17-10-6-8-15-7-4-5-9-16(15)17/h4-5,7,9,13,17H,3,6,8,10-12H2,1-2H3,(H,21,26)(H,23,25)/t17-/m0/s1. The second kappa shape index (κ2) is 8.70. The van der Waals surface area contributed by atoms with Crippen molar-refractivity contribution in [1.82, 2.24) is 15.1 Å². The first-order chi connectivity index (χ1) is 13.1. The Morgan fingerprint density at radius 2 is 2.15 bits per heavy atom. The number of hydrogen-bond acceptors (Lipinski definition) is 4. The van der Waals surface area contributed by atoms with Crippen molar-refractivity contribution in [3.05, 3.63) is 47.2 Å². The SMILES string of the molecule is CCOC(=O)NCCC(=O)Nc1c(C)cnn1[C@H]1CCCc2ccccc21. The molecular weight excluding hydrogens is 344 g/mol. The van der Waals surface area contributed by atoms with Crippen LogP contribution in [0.5, 0.6) is 0 Å². The van der Waals surface area contributed by atoms with Gasteiger partial charge in [0.15, 0.2) is 0 Å². The van der Waals surface area contributed by atoms with Gasteiger partial charge in [-0.1, -0.05) is 24.3 Å². The van der Waals surface area contributed by atoms with Gasteiger partial charge in [0, 0.05) is 18.5 Å².